The van der Waals surface area contributed by atoms with Crippen LogP contribution in [0.3, 0.4) is 0 Å². The first-order valence-electron chi connectivity index (χ1n) is 7.46. The number of halogens is 3. The number of alkyl halides is 3. The number of hydrogen-bond acceptors (Lipinski definition) is 2. The smallest absolute Gasteiger partial charge is 0.380 e. The van der Waals surface area contributed by atoms with Gasteiger partial charge in [0.1, 0.15) is 0 Å². The molecular weight excluding hydrogens is 307 g/mol. The van der Waals surface area contributed by atoms with Gasteiger partial charge in [-0.3, -0.25) is 4.79 Å². The molecule has 1 saturated heterocycles. The van der Waals surface area contributed by atoms with Crippen LogP contribution in [-0.2, 0) is 4.79 Å². The normalized spacial score (nSPS) is 18.4. The average molecular weight is 327 g/mol. The summed E-state index contributed by atoms with van der Waals surface area (Å²) in [6.07, 6.45) is -2.59. The van der Waals surface area contributed by atoms with Crippen LogP contribution < -0.4 is 0 Å². The number of benzene rings is 1. The first-order chi connectivity index (χ1) is 10.6. The van der Waals surface area contributed by atoms with Gasteiger partial charge in [-0.15, -0.1) is 0 Å². The standard InChI is InChI=1S/C17H20F3NO2/c1-12-3-4-14(13(2)11-12)5-6-15(22)21-9-7-16(23,8-10-21)17(18,19)20/h3-6,11,23H,7-10H2,1-2H3/b6-5+. The fourth-order valence-corrected chi connectivity index (χ4v) is 2.66. The molecule has 1 aromatic carbocycles. The maximum absolute atomic E-state index is 12.7. The van der Waals surface area contributed by atoms with Crippen LogP contribution in [0.5, 0.6) is 0 Å². The molecule has 0 spiro atoms. The lowest BCUT2D eigenvalue weighted by Gasteiger charge is -2.38. The minimum Gasteiger partial charge on any atom is -0.380 e. The molecule has 3 nitrogen and oxygen atoms in total. The summed E-state index contributed by atoms with van der Waals surface area (Å²) in [5, 5.41) is 9.60. The summed E-state index contributed by atoms with van der Waals surface area (Å²) in [7, 11) is 0. The molecule has 0 radical (unpaired) electrons. The summed E-state index contributed by atoms with van der Waals surface area (Å²) in [6, 6.07) is 5.82. The Bertz CT molecular complexity index is 615. The molecular formula is C17H20F3NO2. The van der Waals surface area contributed by atoms with Crippen LogP contribution >= 0.6 is 0 Å². The minimum atomic E-state index is -4.66. The van der Waals surface area contributed by atoms with Crippen LogP contribution in [0.1, 0.15) is 29.5 Å². The molecule has 1 aliphatic heterocycles. The molecule has 1 fully saturated rings. The second kappa shape index (κ2) is 6.35. The molecule has 126 valence electrons. The van der Waals surface area contributed by atoms with E-state index in [0.29, 0.717) is 0 Å². The number of carbonyl (C=O) groups excluding carboxylic acids is 1. The summed E-state index contributed by atoms with van der Waals surface area (Å²) in [6.45, 7) is 3.70. The number of nitrogens with zero attached hydrogens (tertiary/aromatic N) is 1. The van der Waals surface area contributed by atoms with E-state index in [0.717, 1.165) is 16.7 Å². The highest BCUT2D eigenvalue weighted by molar-refractivity contribution is 5.92. The number of rotatable bonds is 2. The number of aliphatic hydroxyl groups is 1. The maximum Gasteiger partial charge on any atom is 0.417 e. The van der Waals surface area contributed by atoms with Crippen LogP contribution in [0.4, 0.5) is 13.2 Å². The molecule has 0 bridgehead atoms. The fraction of sp³-hybridized carbons (Fsp3) is 0.471. The molecule has 0 aromatic heterocycles. The summed E-state index contributed by atoms with van der Waals surface area (Å²) >= 11 is 0. The van der Waals surface area contributed by atoms with Gasteiger partial charge in [0.25, 0.3) is 0 Å². The van der Waals surface area contributed by atoms with Crippen molar-refractivity contribution in [2.45, 2.75) is 38.5 Å². The van der Waals surface area contributed by atoms with E-state index in [1.807, 2.05) is 32.0 Å². The number of piperidine rings is 1. The lowest BCUT2D eigenvalue weighted by Crippen LogP contribution is -2.54. The van der Waals surface area contributed by atoms with Gasteiger partial charge in [-0.05, 0) is 31.1 Å². The Hall–Kier alpha value is -1.82. The Morgan fingerprint density at radius 1 is 1.26 bits per heavy atom. The van der Waals surface area contributed by atoms with E-state index in [-0.39, 0.29) is 19.0 Å². The van der Waals surface area contributed by atoms with Crippen molar-refractivity contribution in [1.29, 1.82) is 0 Å². The highest BCUT2D eigenvalue weighted by atomic mass is 19.4. The molecule has 23 heavy (non-hydrogen) atoms. The predicted molar refractivity (Wildman–Crippen MR) is 81.8 cm³/mol. The van der Waals surface area contributed by atoms with Crippen LogP contribution in [-0.4, -0.2) is 40.8 Å². The zero-order valence-corrected chi connectivity index (χ0v) is 13.2. The molecule has 1 N–H and O–H groups in total. The van der Waals surface area contributed by atoms with Crippen molar-refractivity contribution in [3.8, 4) is 0 Å². The third-order valence-electron chi connectivity index (χ3n) is 4.26. The van der Waals surface area contributed by atoms with Crippen molar-refractivity contribution in [1.82, 2.24) is 4.90 Å². The Balaban J connectivity index is 1.99. The van der Waals surface area contributed by atoms with E-state index in [1.165, 1.54) is 11.0 Å². The van der Waals surface area contributed by atoms with Crippen molar-refractivity contribution in [3.63, 3.8) is 0 Å². The molecule has 1 heterocycles. The minimum absolute atomic E-state index is 0.105. The molecule has 0 unspecified atom stereocenters. The van der Waals surface area contributed by atoms with Gasteiger partial charge in [0.05, 0.1) is 0 Å². The van der Waals surface area contributed by atoms with Gasteiger partial charge in [0.2, 0.25) is 5.91 Å². The van der Waals surface area contributed by atoms with Crippen molar-refractivity contribution >= 4 is 12.0 Å². The molecule has 2 rings (SSSR count). The molecule has 6 heteroatoms. The second-order valence-corrected chi connectivity index (χ2v) is 6.05. The number of amides is 1. The van der Waals surface area contributed by atoms with Crippen LogP contribution in [0.25, 0.3) is 6.08 Å². The molecule has 1 aliphatic rings. The average Bonchev–Trinajstić information content (AvgIpc) is 2.45. The van der Waals surface area contributed by atoms with Crippen molar-refractivity contribution in [3.05, 3.63) is 41.0 Å². The van der Waals surface area contributed by atoms with Gasteiger partial charge in [0, 0.05) is 32.0 Å². The largest absolute Gasteiger partial charge is 0.417 e. The molecule has 0 atom stereocenters. The first kappa shape index (κ1) is 17.5. The summed E-state index contributed by atoms with van der Waals surface area (Å²) in [5.41, 5.74) is 0.362. The summed E-state index contributed by atoms with van der Waals surface area (Å²) in [5.74, 6) is -0.339. The molecule has 1 amide bonds. The van der Waals surface area contributed by atoms with E-state index in [4.69, 9.17) is 0 Å². The van der Waals surface area contributed by atoms with Crippen molar-refractivity contribution in [2.75, 3.05) is 13.1 Å². The van der Waals surface area contributed by atoms with Crippen LogP contribution in [0, 0.1) is 13.8 Å². The van der Waals surface area contributed by atoms with Crippen LogP contribution in [0.2, 0.25) is 0 Å². The Labute approximate surface area is 133 Å². The van der Waals surface area contributed by atoms with E-state index < -0.39 is 24.6 Å². The predicted octanol–water partition coefficient (Wildman–Crippen LogP) is 3.23. The maximum atomic E-state index is 12.7. The molecule has 0 saturated carbocycles. The number of aryl methyl sites for hydroxylation is 2. The highest BCUT2D eigenvalue weighted by Crippen LogP contribution is 2.38. The third-order valence-corrected chi connectivity index (χ3v) is 4.26. The molecule has 1 aromatic rings. The van der Waals surface area contributed by atoms with Gasteiger partial charge in [-0.25, -0.2) is 0 Å². The first-order valence-corrected chi connectivity index (χ1v) is 7.46. The van der Waals surface area contributed by atoms with Gasteiger partial charge >= 0.3 is 6.18 Å². The van der Waals surface area contributed by atoms with Gasteiger partial charge in [-0.1, -0.05) is 23.8 Å². The zero-order valence-electron chi connectivity index (χ0n) is 13.2. The number of carbonyl (C=O) groups is 1. The summed E-state index contributed by atoms with van der Waals surface area (Å²) < 4.78 is 38.2. The zero-order chi connectivity index (χ0) is 17.3. The Kier molecular flexibility index (Phi) is 4.84. The van der Waals surface area contributed by atoms with Gasteiger partial charge < -0.3 is 10.0 Å². The van der Waals surface area contributed by atoms with Crippen molar-refractivity contribution < 1.29 is 23.1 Å². The number of hydrogen-bond donors (Lipinski definition) is 1. The van der Waals surface area contributed by atoms with E-state index in [2.05, 4.69) is 0 Å². The van der Waals surface area contributed by atoms with E-state index in [9.17, 15) is 23.1 Å². The highest BCUT2D eigenvalue weighted by Gasteiger charge is 2.54. The Morgan fingerprint density at radius 2 is 1.87 bits per heavy atom. The third kappa shape index (κ3) is 3.93. The number of likely N-dealkylation sites (tertiary alicyclic amines) is 1. The fourth-order valence-electron chi connectivity index (χ4n) is 2.66. The lowest BCUT2D eigenvalue weighted by molar-refractivity contribution is -0.271. The van der Waals surface area contributed by atoms with Gasteiger partial charge in [0.15, 0.2) is 5.60 Å². The Morgan fingerprint density at radius 3 is 2.39 bits per heavy atom. The van der Waals surface area contributed by atoms with Crippen LogP contribution in [0.15, 0.2) is 24.3 Å². The van der Waals surface area contributed by atoms with E-state index in [1.54, 1.807) is 6.08 Å². The second-order valence-electron chi connectivity index (χ2n) is 6.05. The van der Waals surface area contributed by atoms with E-state index >= 15 is 0 Å². The monoisotopic (exact) mass is 327 g/mol. The molecule has 0 aliphatic carbocycles. The lowest BCUT2D eigenvalue weighted by atomic mass is 9.91. The topological polar surface area (TPSA) is 40.5 Å². The van der Waals surface area contributed by atoms with Crippen molar-refractivity contribution in [2.24, 2.45) is 0 Å². The van der Waals surface area contributed by atoms with Gasteiger partial charge in [-0.2, -0.15) is 13.2 Å². The quantitative estimate of drug-likeness (QED) is 0.847. The summed E-state index contributed by atoms with van der Waals surface area (Å²) in [4.78, 5) is 13.4. The SMILES string of the molecule is Cc1ccc(/C=C/C(=O)N2CCC(O)(C(F)(F)F)CC2)c(C)c1.